The van der Waals surface area contributed by atoms with Crippen LogP contribution in [0, 0.1) is 0 Å². The maximum absolute atomic E-state index is 12.3. The predicted molar refractivity (Wildman–Crippen MR) is 89.2 cm³/mol. The molecule has 5 heteroatoms. The van der Waals surface area contributed by atoms with Crippen LogP contribution in [0.3, 0.4) is 0 Å². The van der Waals surface area contributed by atoms with Gasteiger partial charge in [0.05, 0.1) is 15.7 Å². The standard InChI is InChI=1S/C16H22Cl2N2O/c1-2-12-6-3-4-11-20(12)15(21)9-10-19-16-13(17)7-5-8-14(16)18/h5,7-8,12,19H,2-4,6,9-11H2,1H3. The van der Waals surface area contributed by atoms with Crippen molar-refractivity contribution in [3.8, 4) is 0 Å². The smallest absolute Gasteiger partial charge is 0.224 e. The van der Waals surface area contributed by atoms with E-state index in [1.807, 2.05) is 4.90 Å². The van der Waals surface area contributed by atoms with Crippen LogP contribution in [0.15, 0.2) is 18.2 Å². The Morgan fingerprint density at radius 1 is 1.33 bits per heavy atom. The van der Waals surface area contributed by atoms with Gasteiger partial charge < -0.3 is 10.2 Å². The van der Waals surface area contributed by atoms with Crippen LogP contribution in [0.25, 0.3) is 0 Å². The fraction of sp³-hybridized carbons (Fsp3) is 0.562. The van der Waals surface area contributed by atoms with Crippen molar-refractivity contribution in [2.75, 3.05) is 18.4 Å². The van der Waals surface area contributed by atoms with Gasteiger partial charge in [0.1, 0.15) is 0 Å². The first-order valence-corrected chi connectivity index (χ1v) is 8.36. The van der Waals surface area contributed by atoms with E-state index in [1.54, 1.807) is 18.2 Å². The Morgan fingerprint density at radius 3 is 2.71 bits per heavy atom. The maximum Gasteiger partial charge on any atom is 0.224 e. The van der Waals surface area contributed by atoms with Crippen molar-refractivity contribution in [1.82, 2.24) is 4.90 Å². The van der Waals surface area contributed by atoms with Crippen LogP contribution in [0.5, 0.6) is 0 Å². The Morgan fingerprint density at radius 2 is 2.05 bits per heavy atom. The minimum atomic E-state index is 0.220. The number of piperidine rings is 1. The Kier molecular flexibility index (Phi) is 6.19. The van der Waals surface area contributed by atoms with Gasteiger partial charge in [0, 0.05) is 25.6 Å². The summed E-state index contributed by atoms with van der Waals surface area (Å²) < 4.78 is 0. The van der Waals surface area contributed by atoms with Gasteiger partial charge in [0.2, 0.25) is 5.91 Å². The van der Waals surface area contributed by atoms with Crippen LogP contribution < -0.4 is 5.32 Å². The number of amides is 1. The second-order valence-electron chi connectivity index (χ2n) is 5.42. The number of para-hydroxylation sites is 1. The minimum absolute atomic E-state index is 0.220. The summed E-state index contributed by atoms with van der Waals surface area (Å²) in [4.78, 5) is 14.4. The number of anilines is 1. The summed E-state index contributed by atoms with van der Waals surface area (Å²) in [5, 5.41) is 4.34. The Bertz CT molecular complexity index is 473. The topological polar surface area (TPSA) is 32.3 Å². The number of carbonyl (C=O) groups excluding carboxylic acids is 1. The van der Waals surface area contributed by atoms with Crippen LogP contribution >= 0.6 is 23.2 Å². The summed E-state index contributed by atoms with van der Waals surface area (Å²) in [7, 11) is 0. The van der Waals surface area contributed by atoms with Gasteiger partial charge in [-0.25, -0.2) is 0 Å². The summed E-state index contributed by atoms with van der Waals surface area (Å²) in [6, 6.07) is 5.79. The molecule has 116 valence electrons. The molecule has 21 heavy (non-hydrogen) atoms. The molecule has 1 aromatic carbocycles. The van der Waals surface area contributed by atoms with Crippen LogP contribution in [0.4, 0.5) is 5.69 Å². The zero-order chi connectivity index (χ0) is 15.2. The zero-order valence-corrected chi connectivity index (χ0v) is 13.9. The van der Waals surface area contributed by atoms with Gasteiger partial charge >= 0.3 is 0 Å². The monoisotopic (exact) mass is 328 g/mol. The molecular formula is C16H22Cl2N2O. The maximum atomic E-state index is 12.3. The van der Waals surface area contributed by atoms with Gasteiger partial charge in [-0.3, -0.25) is 4.79 Å². The summed E-state index contributed by atoms with van der Waals surface area (Å²) in [5.41, 5.74) is 0.708. The lowest BCUT2D eigenvalue weighted by Gasteiger charge is -2.35. The number of likely N-dealkylation sites (tertiary alicyclic amines) is 1. The van der Waals surface area contributed by atoms with Gasteiger partial charge in [-0.2, -0.15) is 0 Å². The van der Waals surface area contributed by atoms with Gasteiger partial charge in [0.25, 0.3) is 0 Å². The average molecular weight is 329 g/mol. The number of rotatable bonds is 5. The van der Waals surface area contributed by atoms with E-state index in [1.165, 1.54) is 6.42 Å². The molecule has 1 aromatic rings. The van der Waals surface area contributed by atoms with Crippen LogP contribution in [0.2, 0.25) is 10.0 Å². The Labute approximate surface area is 136 Å². The van der Waals surface area contributed by atoms with Crippen molar-refractivity contribution in [3.05, 3.63) is 28.2 Å². The Balaban J connectivity index is 1.86. The summed E-state index contributed by atoms with van der Waals surface area (Å²) in [5.74, 6) is 0.220. The molecule has 3 nitrogen and oxygen atoms in total. The fourth-order valence-electron chi connectivity index (χ4n) is 2.86. The van der Waals surface area contributed by atoms with Gasteiger partial charge in [-0.15, -0.1) is 0 Å². The van der Waals surface area contributed by atoms with Crippen molar-refractivity contribution in [2.45, 2.75) is 45.1 Å². The summed E-state index contributed by atoms with van der Waals surface area (Å²) in [6.45, 7) is 3.59. The lowest BCUT2D eigenvalue weighted by molar-refractivity contribution is -0.134. The molecule has 0 saturated carbocycles. The molecule has 1 aliphatic rings. The van der Waals surface area contributed by atoms with E-state index in [0.29, 0.717) is 34.7 Å². The van der Waals surface area contributed by atoms with Crippen molar-refractivity contribution in [3.63, 3.8) is 0 Å². The quantitative estimate of drug-likeness (QED) is 0.857. The highest BCUT2D eigenvalue weighted by molar-refractivity contribution is 6.39. The molecule has 1 fully saturated rings. The van der Waals surface area contributed by atoms with Gasteiger partial charge in [0.15, 0.2) is 0 Å². The van der Waals surface area contributed by atoms with Crippen molar-refractivity contribution in [2.24, 2.45) is 0 Å². The fourth-order valence-corrected chi connectivity index (χ4v) is 3.39. The van der Waals surface area contributed by atoms with Crippen molar-refractivity contribution < 1.29 is 4.79 Å². The number of carbonyl (C=O) groups is 1. The van der Waals surface area contributed by atoms with E-state index in [4.69, 9.17) is 23.2 Å². The highest BCUT2D eigenvalue weighted by Crippen LogP contribution is 2.29. The van der Waals surface area contributed by atoms with E-state index in [2.05, 4.69) is 12.2 Å². The highest BCUT2D eigenvalue weighted by Gasteiger charge is 2.24. The molecule has 1 aliphatic heterocycles. The van der Waals surface area contributed by atoms with Gasteiger partial charge in [-0.1, -0.05) is 36.2 Å². The molecule has 1 N–H and O–H groups in total. The lowest BCUT2D eigenvalue weighted by Crippen LogP contribution is -2.43. The van der Waals surface area contributed by atoms with E-state index < -0.39 is 0 Å². The largest absolute Gasteiger partial charge is 0.382 e. The van der Waals surface area contributed by atoms with E-state index in [0.717, 1.165) is 25.8 Å². The van der Waals surface area contributed by atoms with E-state index >= 15 is 0 Å². The number of hydrogen-bond acceptors (Lipinski definition) is 2. The number of benzene rings is 1. The third-order valence-corrected chi connectivity index (χ3v) is 4.65. The zero-order valence-electron chi connectivity index (χ0n) is 12.4. The molecule has 1 amide bonds. The SMILES string of the molecule is CCC1CCCCN1C(=O)CCNc1c(Cl)cccc1Cl. The summed E-state index contributed by atoms with van der Waals surface area (Å²) >= 11 is 12.2. The van der Waals surface area contributed by atoms with Gasteiger partial charge in [-0.05, 0) is 37.8 Å². The average Bonchev–Trinajstić information content (AvgIpc) is 2.50. The predicted octanol–water partition coefficient (Wildman–Crippen LogP) is 4.59. The number of hydrogen-bond donors (Lipinski definition) is 1. The Hall–Kier alpha value is -0.930. The van der Waals surface area contributed by atoms with Crippen LogP contribution in [0.1, 0.15) is 39.0 Å². The molecule has 2 rings (SSSR count). The molecule has 0 aliphatic carbocycles. The van der Waals surface area contributed by atoms with E-state index in [-0.39, 0.29) is 5.91 Å². The van der Waals surface area contributed by atoms with Crippen molar-refractivity contribution >= 4 is 34.8 Å². The number of halogens is 2. The third kappa shape index (κ3) is 4.27. The van der Waals surface area contributed by atoms with Crippen LogP contribution in [-0.2, 0) is 4.79 Å². The third-order valence-electron chi connectivity index (χ3n) is 4.02. The molecule has 0 radical (unpaired) electrons. The molecule has 0 spiro atoms. The second kappa shape index (κ2) is 7.90. The highest BCUT2D eigenvalue weighted by atomic mass is 35.5. The van der Waals surface area contributed by atoms with Crippen molar-refractivity contribution in [1.29, 1.82) is 0 Å². The van der Waals surface area contributed by atoms with Crippen LogP contribution in [-0.4, -0.2) is 29.9 Å². The molecular weight excluding hydrogens is 307 g/mol. The second-order valence-corrected chi connectivity index (χ2v) is 6.23. The lowest BCUT2D eigenvalue weighted by atomic mass is 9.99. The molecule has 1 heterocycles. The first kappa shape index (κ1) is 16.4. The first-order chi connectivity index (χ1) is 10.1. The molecule has 1 saturated heterocycles. The minimum Gasteiger partial charge on any atom is -0.382 e. The number of nitrogens with one attached hydrogen (secondary N) is 1. The molecule has 1 unspecified atom stereocenters. The summed E-state index contributed by atoms with van der Waals surface area (Å²) in [6.07, 6.45) is 4.99. The number of nitrogens with zero attached hydrogens (tertiary/aromatic N) is 1. The normalized spacial score (nSPS) is 18.6. The molecule has 0 aromatic heterocycles. The first-order valence-electron chi connectivity index (χ1n) is 7.60. The molecule has 1 atom stereocenters. The molecule has 0 bridgehead atoms. The van der Waals surface area contributed by atoms with E-state index in [9.17, 15) is 4.79 Å².